The highest BCUT2D eigenvalue weighted by Gasteiger charge is 2.07. The predicted molar refractivity (Wildman–Crippen MR) is 68.5 cm³/mol. The van der Waals surface area contributed by atoms with Gasteiger partial charge in [0.1, 0.15) is 5.69 Å². The summed E-state index contributed by atoms with van der Waals surface area (Å²) in [7, 11) is 0. The zero-order valence-corrected chi connectivity index (χ0v) is 10.6. The van der Waals surface area contributed by atoms with Gasteiger partial charge >= 0.3 is 0 Å². The van der Waals surface area contributed by atoms with Crippen LogP contribution in [0.1, 0.15) is 29.4 Å². The minimum absolute atomic E-state index is 0.181. The van der Waals surface area contributed by atoms with Crippen LogP contribution in [0.2, 0.25) is 0 Å². The Morgan fingerprint density at radius 3 is 3.00 bits per heavy atom. The monoisotopic (exact) mass is 261 g/mol. The van der Waals surface area contributed by atoms with Crippen LogP contribution in [0.3, 0.4) is 0 Å². The summed E-state index contributed by atoms with van der Waals surface area (Å²) >= 11 is 0. The van der Waals surface area contributed by atoms with Crippen molar-refractivity contribution in [2.45, 2.75) is 26.4 Å². The molecule has 0 saturated heterocycles. The number of rotatable bonds is 5. The molecule has 0 saturated carbocycles. The smallest absolute Gasteiger partial charge is 0.271 e. The Labute approximate surface area is 109 Å². The summed E-state index contributed by atoms with van der Waals surface area (Å²) in [4.78, 5) is 28.7. The Kier molecular flexibility index (Phi) is 4.07. The first-order chi connectivity index (χ1) is 9.19. The maximum Gasteiger partial charge on any atom is 0.271 e. The molecule has 7 nitrogen and oxygen atoms in total. The third-order valence-corrected chi connectivity index (χ3v) is 2.50. The van der Waals surface area contributed by atoms with E-state index in [1.807, 2.05) is 10.9 Å². The van der Waals surface area contributed by atoms with Gasteiger partial charge in [-0.2, -0.15) is 5.10 Å². The maximum absolute atomic E-state index is 11.7. The second kappa shape index (κ2) is 5.94. The minimum Gasteiger partial charge on any atom is -0.346 e. The number of nitrogens with one attached hydrogen (secondary N) is 2. The number of carbonyl (C=O) groups excluding carboxylic acids is 1. The van der Waals surface area contributed by atoms with Crippen molar-refractivity contribution in [2.24, 2.45) is 0 Å². The highest BCUT2D eigenvalue weighted by Crippen LogP contribution is 1.99. The second-order valence-corrected chi connectivity index (χ2v) is 4.09. The fraction of sp³-hybridized carbons (Fsp3) is 0.333. The van der Waals surface area contributed by atoms with Crippen LogP contribution in [-0.4, -0.2) is 25.7 Å². The lowest BCUT2D eigenvalue weighted by Gasteiger charge is -2.02. The van der Waals surface area contributed by atoms with Crippen molar-refractivity contribution in [2.75, 3.05) is 0 Å². The molecule has 0 bridgehead atoms. The highest BCUT2D eigenvalue weighted by molar-refractivity contribution is 5.91. The van der Waals surface area contributed by atoms with Gasteiger partial charge in [-0.3, -0.25) is 14.3 Å². The largest absolute Gasteiger partial charge is 0.346 e. The van der Waals surface area contributed by atoms with Gasteiger partial charge in [-0.05, 0) is 6.42 Å². The molecule has 0 aliphatic heterocycles. The number of aromatic amines is 1. The Morgan fingerprint density at radius 1 is 1.47 bits per heavy atom. The first kappa shape index (κ1) is 13.0. The van der Waals surface area contributed by atoms with Crippen molar-refractivity contribution in [3.63, 3.8) is 0 Å². The third kappa shape index (κ3) is 3.51. The topological polar surface area (TPSA) is 92.7 Å². The number of amides is 1. The van der Waals surface area contributed by atoms with Gasteiger partial charge in [0.15, 0.2) is 0 Å². The Balaban J connectivity index is 1.92. The average Bonchev–Trinajstić information content (AvgIpc) is 2.85. The Bertz CT molecular complexity index is 596. The van der Waals surface area contributed by atoms with E-state index in [1.54, 1.807) is 6.20 Å². The molecule has 0 radical (unpaired) electrons. The number of hydrogen-bond acceptors (Lipinski definition) is 4. The number of H-pyrrole nitrogens is 1. The molecule has 2 aromatic heterocycles. The summed E-state index contributed by atoms with van der Waals surface area (Å²) in [5.41, 5.74) is 0.768. The van der Waals surface area contributed by atoms with Crippen molar-refractivity contribution >= 4 is 5.91 Å². The van der Waals surface area contributed by atoms with Gasteiger partial charge in [0.2, 0.25) is 0 Å². The molecule has 2 N–H and O–H groups in total. The molecule has 2 heterocycles. The number of aromatic nitrogens is 4. The van der Waals surface area contributed by atoms with Crippen LogP contribution in [0.25, 0.3) is 0 Å². The minimum atomic E-state index is -0.336. The molecule has 0 aliphatic rings. The van der Waals surface area contributed by atoms with E-state index in [2.05, 4.69) is 27.3 Å². The summed E-state index contributed by atoms with van der Waals surface area (Å²) in [5, 5.41) is 6.88. The molecular formula is C12H15N5O2. The van der Waals surface area contributed by atoms with E-state index in [4.69, 9.17) is 0 Å². The highest BCUT2D eigenvalue weighted by atomic mass is 16.2. The van der Waals surface area contributed by atoms with Crippen LogP contribution >= 0.6 is 0 Å². The van der Waals surface area contributed by atoms with Crippen molar-refractivity contribution in [1.82, 2.24) is 25.1 Å². The average molecular weight is 261 g/mol. The number of aryl methyl sites for hydroxylation is 1. The molecule has 19 heavy (non-hydrogen) atoms. The van der Waals surface area contributed by atoms with Crippen LogP contribution in [0.5, 0.6) is 0 Å². The van der Waals surface area contributed by atoms with Gasteiger partial charge in [-0.25, -0.2) is 4.98 Å². The zero-order chi connectivity index (χ0) is 13.7. The first-order valence-electron chi connectivity index (χ1n) is 6.03. The Morgan fingerprint density at radius 2 is 2.32 bits per heavy atom. The van der Waals surface area contributed by atoms with Gasteiger partial charge < -0.3 is 10.3 Å². The van der Waals surface area contributed by atoms with Gasteiger partial charge in [-0.1, -0.05) is 6.92 Å². The molecule has 0 aliphatic carbocycles. The van der Waals surface area contributed by atoms with Crippen LogP contribution in [-0.2, 0) is 13.1 Å². The number of nitrogens with zero attached hydrogens (tertiary/aromatic N) is 3. The van der Waals surface area contributed by atoms with Gasteiger partial charge in [0.25, 0.3) is 11.5 Å². The van der Waals surface area contributed by atoms with Gasteiger partial charge in [0.05, 0.1) is 12.4 Å². The molecular weight excluding hydrogens is 246 g/mol. The van der Waals surface area contributed by atoms with Crippen LogP contribution in [0.4, 0.5) is 0 Å². The van der Waals surface area contributed by atoms with Crippen LogP contribution in [0, 0.1) is 0 Å². The quantitative estimate of drug-likeness (QED) is 0.810. The van der Waals surface area contributed by atoms with E-state index < -0.39 is 0 Å². The number of carbonyl (C=O) groups is 1. The molecule has 7 heteroatoms. The standard InChI is InChI=1S/C12H15N5O2/c1-2-3-17-8-9(5-16-17)4-15-12(19)10-6-14-11(18)7-13-10/h5-8H,2-4H2,1H3,(H,14,18)(H,15,19). The van der Waals surface area contributed by atoms with E-state index in [-0.39, 0.29) is 17.2 Å². The molecule has 0 atom stereocenters. The van der Waals surface area contributed by atoms with E-state index in [0.29, 0.717) is 6.54 Å². The van der Waals surface area contributed by atoms with E-state index in [9.17, 15) is 9.59 Å². The predicted octanol–water partition coefficient (Wildman–Crippen LogP) is 0.306. The second-order valence-electron chi connectivity index (χ2n) is 4.09. The molecule has 2 aromatic rings. The van der Waals surface area contributed by atoms with Gasteiger partial charge in [-0.15, -0.1) is 0 Å². The van der Waals surface area contributed by atoms with Crippen molar-refractivity contribution in [1.29, 1.82) is 0 Å². The number of hydrogen-bond donors (Lipinski definition) is 2. The normalized spacial score (nSPS) is 10.4. The third-order valence-electron chi connectivity index (χ3n) is 2.50. The molecule has 0 spiro atoms. The zero-order valence-electron chi connectivity index (χ0n) is 10.6. The Hall–Kier alpha value is -2.44. The summed E-state index contributed by atoms with van der Waals surface area (Å²) < 4.78 is 1.83. The lowest BCUT2D eigenvalue weighted by Crippen LogP contribution is -2.24. The molecule has 100 valence electrons. The molecule has 0 aromatic carbocycles. The van der Waals surface area contributed by atoms with Crippen molar-refractivity contribution in [3.8, 4) is 0 Å². The maximum atomic E-state index is 11.7. The lowest BCUT2D eigenvalue weighted by molar-refractivity contribution is 0.0945. The molecule has 0 unspecified atom stereocenters. The van der Waals surface area contributed by atoms with Crippen LogP contribution in [0.15, 0.2) is 29.6 Å². The fourth-order valence-corrected chi connectivity index (χ4v) is 1.59. The van der Waals surface area contributed by atoms with Crippen LogP contribution < -0.4 is 10.9 Å². The van der Waals surface area contributed by atoms with Crippen molar-refractivity contribution < 1.29 is 4.79 Å². The summed E-state index contributed by atoms with van der Waals surface area (Å²) in [6.45, 7) is 3.31. The summed E-state index contributed by atoms with van der Waals surface area (Å²) in [6.07, 6.45) is 6.99. The summed E-state index contributed by atoms with van der Waals surface area (Å²) in [5.74, 6) is -0.334. The first-order valence-corrected chi connectivity index (χ1v) is 6.03. The van der Waals surface area contributed by atoms with Crippen molar-refractivity contribution in [3.05, 3.63) is 46.4 Å². The molecule has 1 amide bonds. The van der Waals surface area contributed by atoms with E-state index in [0.717, 1.165) is 24.7 Å². The summed E-state index contributed by atoms with van der Waals surface area (Å²) in [6, 6.07) is 0. The molecule has 0 fully saturated rings. The van der Waals surface area contributed by atoms with Gasteiger partial charge in [0, 0.05) is 31.0 Å². The van der Waals surface area contributed by atoms with E-state index in [1.165, 1.54) is 6.20 Å². The van der Waals surface area contributed by atoms with E-state index >= 15 is 0 Å². The molecule has 2 rings (SSSR count). The lowest BCUT2D eigenvalue weighted by atomic mass is 10.3. The SMILES string of the molecule is CCCn1cc(CNC(=O)c2c[nH]c(=O)cn2)cn1. The fourth-order valence-electron chi connectivity index (χ4n) is 1.59.